The number of unbranched alkanes of at least 4 members (excludes halogenated alkanes) is 18. The van der Waals surface area contributed by atoms with Crippen LogP contribution in [0.3, 0.4) is 0 Å². The Bertz CT molecular complexity index is 322. The molecule has 0 aliphatic rings. The number of hydrogen-bond acceptors (Lipinski definition) is 1. The minimum atomic E-state index is -0.652. The number of allylic oxidation sites excluding steroid dienone is 2. The normalized spacial score (nSPS) is 11.4. The van der Waals surface area contributed by atoms with E-state index in [2.05, 4.69) is 19.1 Å². The predicted octanol–water partition coefficient (Wildman–Crippen LogP) is 8.84. The summed E-state index contributed by atoms with van der Waals surface area (Å²) in [4.78, 5) is 10.4. The van der Waals surface area contributed by atoms with E-state index < -0.39 is 5.97 Å². The zero-order valence-corrected chi connectivity index (χ0v) is 18.4. The molecule has 0 radical (unpaired) electrons. The van der Waals surface area contributed by atoms with Crippen molar-refractivity contribution in [1.82, 2.24) is 0 Å². The van der Waals surface area contributed by atoms with Gasteiger partial charge < -0.3 is 5.11 Å². The summed E-state index contributed by atoms with van der Waals surface area (Å²) in [7, 11) is 0. The van der Waals surface area contributed by atoms with Gasteiger partial charge in [0.25, 0.3) is 0 Å². The molecule has 0 saturated carbocycles. The molecule has 0 atom stereocenters. The molecule has 0 spiro atoms. The zero-order chi connectivity index (χ0) is 19.8. The lowest BCUT2D eigenvalue weighted by molar-refractivity contribution is -0.137. The van der Waals surface area contributed by atoms with E-state index in [1.807, 2.05) is 0 Å². The lowest BCUT2D eigenvalue weighted by Crippen LogP contribution is -1.93. The summed E-state index contributed by atoms with van der Waals surface area (Å²) >= 11 is 0. The smallest absolute Gasteiger partial charge is 0.303 e. The van der Waals surface area contributed by atoms with E-state index >= 15 is 0 Å². The summed E-state index contributed by atoms with van der Waals surface area (Å²) in [5.74, 6) is -0.652. The molecule has 0 amide bonds. The summed E-state index contributed by atoms with van der Waals surface area (Å²) in [5.41, 5.74) is 0. The van der Waals surface area contributed by atoms with Crippen LogP contribution < -0.4 is 0 Å². The van der Waals surface area contributed by atoms with Crippen LogP contribution in [0.1, 0.15) is 142 Å². The lowest BCUT2D eigenvalue weighted by Gasteiger charge is -2.03. The van der Waals surface area contributed by atoms with Gasteiger partial charge in [0.1, 0.15) is 0 Å². The summed E-state index contributed by atoms with van der Waals surface area (Å²) in [6, 6.07) is 0. The standard InChI is InChI=1S/C25H48O2/c1-2-3-4-5-6-7-8-9-10-11-12-13-14-15-16-17-18-19-20-21-22-23-24-25(26)27/h6-7H,2-5,8-24H2,1H3,(H,26,27). The maximum Gasteiger partial charge on any atom is 0.303 e. The monoisotopic (exact) mass is 380 g/mol. The number of hydrogen-bond donors (Lipinski definition) is 1. The van der Waals surface area contributed by atoms with E-state index in [1.165, 1.54) is 116 Å². The average Bonchev–Trinajstić information content (AvgIpc) is 2.65. The minimum Gasteiger partial charge on any atom is -0.481 e. The number of aliphatic carboxylic acids is 1. The molecular formula is C25H48O2. The van der Waals surface area contributed by atoms with Crippen molar-refractivity contribution in [3.63, 3.8) is 0 Å². The number of carbonyl (C=O) groups is 1. The Balaban J connectivity index is 3.04. The van der Waals surface area contributed by atoms with Crippen LogP contribution in [-0.2, 0) is 4.79 Å². The third kappa shape index (κ3) is 25.2. The molecule has 1 N–H and O–H groups in total. The second kappa shape index (κ2) is 23.2. The van der Waals surface area contributed by atoms with E-state index in [1.54, 1.807) is 0 Å². The molecule has 2 heteroatoms. The predicted molar refractivity (Wildman–Crippen MR) is 119 cm³/mol. The van der Waals surface area contributed by atoms with Crippen LogP contribution in [0.4, 0.5) is 0 Å². The molecule has 0 heterocycles. The van der Waals surface area contributed by atoms with Gasteiger partial charge in [0.2, 0.25) is 0 Å². The highest BCUT2D eigenvalue weighted by atomic mass is 16.4. The average molecular weight is 381 g/mol. The first-order chi connectivity index (χ1) is 13.3. The van der Waals surface area contributed by atoms with Crippen LogP contribution in [-0.4, -0.2) is 11.1 Å². The van der Waals surface area contributed by atoms with Crippen molar-refractivity contribution >= 4 is 5.97 Å². The number of rotatable bonds is 22. The maximum absolute atomic E-state index is 10.4. The van der Waals surface area contributed by atoms with Gasteiger partial charge in [-0.25, -0.2) is 0 Å². The fourth-order valence-corrected chi connectivity index (χ4v) is 3.58. The maximum atomic E-state index is 10.4. The summed E-state index contributed by atoms with van der Waals surface area (Å²) in [6.07, 6.45) is 31.6. The van der Waals surface area contributed by atoms with Crippen LogP contribution in [0.25, 0.3) is 0 Å². The first-order valence-corrected chi connectivity index (χ1v) is 12.1. The molecular weight excluding hydrogens is 332 g/mol. The fraction of sp³-hybridized carbons (Fsp3) is 0.880. The van der Waals surface area contributed by atoms with Crippen molar-refractivity contribution in [1.29, 1.82) is 0 Å². The van der Waals surface area contributed by atoms with E-state index in [4.69, 9.17) is 5.11 Å². The molecule has 27 heavy (non-hydrogen) atoms. The van der Waals surface area contributed by atoms with Gasteiger partial charge in [-0.05, 0) is 32.1 Å². The Kier molecular flexibility index (Phi) is 22.6. The Morgan fingerprint density at radius 3 is 1.26 bits per heavy atom. The highest BCUT2D eigenvalue weighted by Gasteiger charge is 1.97. The minimum absolute atomic E-state index is 0.343. The van der Waals surface area contributed by atoms with Crippen LogP contribution >= 0.6 is 0 Å². The van der Waals surface area contributed by atoms with Gasteiger partial charge in [-0.15, -0.1) is 0 Å². The highest BCUT2D eigenvalue weighted by Crippen LogP contribution is 2.14. The lowest BCUT2D eigenvalue weighted by atomic mass is 10.0. The van der Waals surface area contributed by atoms with E-state index in [0.29, 0.717) is 6.42 Å². The molecule has 0 fully saturated rings. The molecule has 0 aromatic carbocycles. The largest absolute Gasteiger partial charge is 0.481 e. The number of carboxylic acid groups (broad SMARTS) is 1. The Morgan fingerprint density at radius 1 is 0.556 bits per heavy atom. The van der Waals surface area contributed by atoms with Crippen molar-refractivity contribution in [3.8, 4) is 0 Å². The SMILES string of the molecule is CCCCCC=CCCCCCCCCCCCCCCCCCC(=O)O. The molecule has 0 bridgehead atoms. The van der Waals surface area contributed by atoms with E-state index in [9.17, 15) is 4.79 Å². The number of carboxylic acids is 1. The Morgan fingerprint density at radius 2 is 0.889 bits per heavy atom. The van der Waals surface area contributed by atoms with Crippen molar-refractivity contribution in [2.45, 2.75) is 142 Å². The van der Waals surface area contributed by atoms with Crippen molar-refractivity contribution in [2.75, 3.05) is 0 Å². The molecule has 0 unspecified atom stereocenters. The van der Waals surface area contributed by atoms with Crippen LogP contribution in [0.15, 0.2) is 12.2 Å². The first-order valence-electron chi connectivity index (χ1n) is 12.1. The topological polar surface area (TPSA) is 37.3 Å². The van der Waals surface area contributed by atoms with Gasteiger partial charge in [0, 0.05) is 6.42 Å². The van der Waals surface area contributed by atoms with Gasteiger partial charge >= 0.3 is 5.97 Å². The van der Waals surface area contributed by atoms with Crippen molar-refractivity contribution in [3.05, 3.63) is 12.2 Å². The van der Waals surface area contributed by atoms with Gasteiger partial charge in [-0.1, -0.05) is 115 Å². The summed E-state index contributed by atoms with van der Waals surface area (Å²) < 4.78 is 0. The molecule has 0 rings (SSSR count). The molecule has 0 saturated heterocycles. The van der Waals surface area contributed by atoms with Crippen LogP contribution in [0.2, 0.25) is 0 Å². The summed E-state index contributed by atoms with van der Waals surface area (Å²) in [6.45, 7) is 2.27. The molecule has 0 aromatic rings. The zero-order valence-electron chi connectivity index (χ0n) is 18.4. The second-order valence-electron chi connectivity index (χ2n) is 8.20. The third-order valence-electron chi connectivity index (χ3n) is 5.40. The quantitative estimate of drug-likeness (QED) is 0.150. The second-order valence-corrected chi connectivity index (χ2v) is 8.20. The molecule has 0 aliphatic heterocycles. The van der Waals surface area contributed by atoms with E-state index in [0.717, 1.165) is 12.8 Å². The van der Waals surface area contributed by atoms with E-state index in [-0.39, 0.29) is 0 Å². The van der Waals surface area contributed by atoms with Gasteiger partial charge in [0.15, 0.2) is 0 Å². The molecule has 0 aromatic heterocycles. The summed E-state index contributed by atoms with van der Waals surface area (Å²) in [5, 5.41) is 8.58. The first kappa shape index (κ1) is 26.2. The van der Waals surface area contributed by atoms with Crippen LogP contribution in [0, 0.1) is 0 Å². The fourth-order valence-electron chi connectivity index (χ4n) is 3.58. The van der Waals surface area contributed by atoms with Gasteiger partial charge in [0.05, 0.1) is 0 Å². The Labute approximate surface area is 170 Å². The molecule has 160 valence electrons. The highest BCUT2D eigenvalue weighted by molar-refractivity contribution is 5.66. The van der Waals surface area contributed by atoms with Crippen molar-refractivity contribution in [2.24, 2.45) is 0 Å². The van der Waals surface area contributed by atoms with Gasteiger partial charge in [-0.3, -0.25) is 4.79 Å². The Hall–Kier alpha value is -0.790. The van der Waals surface area contributed by atoms with Gasteiger partial charge in [-0.2, -0.15) is 0 Å². The van der Waals surface area contributed by atoms with Crippen LogP contribution in [0.5, 0.6) is 0 Å². The van der Waals surface area contributed by atoms with Crippen molar-refractivity contribution < 1.29 is 9.90 Å². The third-order valence-corrected chi connectivity index (χ3v) is 5.40. The molecule has 2 nitrogen and oxygen atoms in total. The molecule has 0 aliphatic carbocycles.